The lowest BCUT2D eigenvalue weighted by atomic mass is 10.1. The van der Waals surface area contributed by atoms with Gasteiger partial charge in [0.1, 0.15) is 0 Å². The van der Waals surface area contributed by atoms with Crippen LogP contribution in [0.25, 0.3) is 0 Å². The molecule has 3 nitrogen and oxygen atoms in total. The van der Waals surface area contributed by atoms with Gasteiger partial charge in [-0.15, -0.1) is 0 Å². The summed E-state index contributed by atoms with van der Waals surface area (Å²) >= 11 is 0. The van der Waals surface area contributed by atoms with Crippen LogP contribution in [-0.4, -0.2) is 25.3 Å². The van der Waals surface area contributed by atoms with Gasteiger partial charge in [-0.1, -0.05) is 32.3 Å². The molecule has 0 saturated carbocycles. The summed E-state index contributed by atoms with van der Waals surface area (Å²) < 4.78 is 10.5. The topological polar surface area (TPSA) is 35.5 Å². The average Bonchev–Trinajstić information content (AvgIpc) is 2.30. The van der Waals surface area contributed by atoms with E-state index in [1.807, 2.05) is 0 Å². The van der Waals surface area contributed by atoms with Crippen molar-refractivity contribution in [2.24, 2.45) is 0 Å². The molecule has 0 aliphatic heterocycles. The molecule has 0 N–H and O–H groups in total. The Kier molecular flexibility index (Phi) is 10.8. The molecule has 0 heterocycles. The molecule has 3 heteroatoms. The summed E-state index contributed by atoms with van der Waals surface area (Å²) in [6, 6.07) is 0. The van der Waals surface area contributed by atoms with Crippen LogP contribution in [-0.2, 0) is 14.3 Å². The molecule has 0 spiro atoms. The van der Waals surface area contributed by atoms with Crippen LogP contribution in [0.15, 0.2) is 12.2 Å². The van der Waals surface area contributed by atoms with Crippen LogP contribution in [0.1, 0.15) is 59.3 Å². The van der Waals surface area contributed by atoms with Crippen molar-refractivity contribution in [3.8, 4) is 0 Å². The SMILES string of the molecule is C=C(C)C(=O)OCCCCCCCCOC(C)C. The Morgan fingerprint density at radius 2 is 1.50 bits per heavy atom. The van der Waals surface area contributed by atoms with Gasteiger partial charge in [-0.3, -0.25) is 0 Å². The third kappa shape index (κ3) is 11.6. The fraction of sp³-hybridized carbons (Fsp3) is 0.800. The molecule has 0 rings (SSSR count). The van der Waals surface area contributed by atoms with E-state index in [2.05, 4.69) is 20.4 Å². The molecule has 0 aromatic heterocycles. The highest BCUT2D eigenvalue weighted by atomic mass is 16.5. The zero-order chi connectivity index (χ0) is 13.8. The van der Waals surface area contributed by atoms with Crippen molar-refractivity contribution >= 4 is 5.97 Å². The number of esters is 1. The van der Waals surface area contributed by atoms with Crippen LogP contribution >= 0.6 is 0 Å². The fourth-order valence-corrected chi connectivity index (χ4v) is 1.52. The number of hydrogen-bond donors (Lipinski definition) is 0. The van der Waals surface area contributed by atoms with Crippen molar-refractivity contribution in [1.82, 2.24) is 0 Å². The van der Waals surface area contributed by atoms with E-state index in [0.29, 0.717) is 18.3 Å². The molecular weight excluding hydrogens is 228 g/mol. The molecule has 106 valence electrons. The number of ether oxygens (including phenoxy) is 2. The molecule has 0 unspecified atom stereocenters. The molecule has 0 radical (unpaired) electrons. The Balaban J connectivity index is 3.12. The zero-order valence-corrected chi connectivity index (χ0v) is 12.2. The minimum absolute atomic E-state index is 0.277. The summed E-state index contributed by atoms with van der Waals surface area (Å²) in [5.41, 5.74) is 0.472. The van der Waals surface area contributed by atoms with E-state index in [0.717, 1.165) is 25.9 Å². The van der Waals surface area contributed by atoms with Gasteiger partial charge in [0.25, 0.3) is 0 Å². The van der Waals surface area contributed by atoms with E-state index >= 15 is 0 Å². The van der Waals surface area contributed by atoms with Gasteiger partial charge in [0.15, 0.2) is 0 Å². The number of unbranched alkanes of at least 4 members (excludes halogenated alkanes) is 5. The smallest absolute Gasteiger partial charge is 0.333 e. The first-order chi connectivity index (χ1) is 8.54. The maximum absolute atomic E-state index is 11.1. The first-order valence-electron chi connectivity index (χ1n) is 6.98. The maximum Gasteiger partial charge on any atom is 0.333 e. The Morgan fingerprint density at radius 1 is 1.00 bits per heavy atom. The Hall–Kier alpha value is -0.830. The average molecular weight is 256 g/mol. The largest absolute Gasteiger partial charge is 0.462 e. The second-order valence-corrected chi connectivity index (χ2v) is 4.96. The molecule has 18 heavy (non-hydrogen) atoms. The highest BCUT2D eigenvalue weighted by molar-refractivity contribution is 5.86. The summed E-state index contributed by atoms with van der Waals surface area (Å²) in [7, 11) is 0. The standard InChI is InChI=1S/C15H28O3/c1-13(2)15(16)18-12-10-8-6-5-7-9-11-17-14(3)4/h14H,1,5-12H2,2-4H3. The second-order valence-electron chi connectivity index (χ2n) is 4.96. The van der Waals surface area contributed by atoms with E-state index < -0.39 is 0 Å². The summed E-state index contributed by atoms with van der Waals surface area (Å²) in [4.78, 5) is 11.1. The van der Waals surface area contributed by atoms with Crippen molar-refractivity contribution in [3.05, 3.63) is 12.2 Å². The molecule has 0 aromatic rings. The second kappa shape index (κ2) is 11.3. The van der Waals surface area contributed by atoms with Gasteiger partial charge in [-0.05, 0) is 33.6 Å². The molecule has 0 atom stereocenters. The van der Waals surface area contributed by atoms with Gasteiger partial charge in [0.2, 0.25) is 0 Å². The summed E-state index contributed by atoms with van der Waals surface area (Å²) in [5, 5.41) is 0. The van der Waals surface area contributed by atoms with Gasteiger partial charge in [-0.2, -0.15) is 0 Å². The van der Waals surface area contributed by atoms with Crippen LogP contribution in [0.3, 0.4) is 0 Å². The van der Waals surface area contributed by atoms with Crippen LogP contribution in [0.5, 0.6) is 0 Å². The fourth-order valence-electron chi connectivity index (χ4n) is 1.52. The van der Waals surface area contributed by atoms with E-state index in [4.69, 9.17) is 9.47 Å². The minimum Gasteiger partial charge on any atom is -0.462 e. The lowest BCUT2D eigenvalue weighted by molar-refractivity contribution is -0.139. The van der Waals surface area contributed by atoms with E-state index in [-0.39, 0.29) is 5.97 Å². The highest BCUT2D eigenvalue weighted by Gasteiger charge is 2.01. The molecular formula is C15H28O3. The third-order valence-electron chi connectivity index (χ3n) is 2.57. The summed E-state index contributed by atoms with van der Waals surface area (Å²) in [5.74, 6) is -0.277. The lowest BCUT2D eigenvalue weighted by Gasteiger charge is -2.07. The predicted octanol–water partition coefficient (Wildman–Crippen LogP) is 3.87. The Labute approximate surface area is 112 Å². The molecule has 0 fully saturated rings. The number of carbonyl (C=O) groups excluding carboxylic acids is 1. The number of hydrogen-bond acceptors (Lipinski definition) is 3. The molecule has 0 bridgehead atoms. The van der Waals surface area contributed by atoms with Crippen molar-refractivity contribution in [3.63, 3.8) is 0 Å². The van der Waals surface area contributed by atoms with Crippen molar-refractivity contribution in [2.45, 2.75) is 65.4 Å². The highest BCUT2D eigenvalue weighted by Crippen LogP contribution is 2.06. The van der Waals surface area contributed by atoms with Gasteiger partial charge in [-0.25, -0.2) is 4.79 Å². The van der Waals surface area contributed by atoms with E-state index in [9.17, 15) is 4.79 Å². The van der Waals surface area contributed by atoms with E-state index in [1.54, 1.807) is 6.92 Å². The number of rotatable bonds is 11. The van der Waals surface area contributed by atoms with Crippen LogP contribution in [0.4, 0.5) is 0 Å². The van der Waals surface area contributed by atoms with Crippen LogP contribution < -0.4 is 0 Å². The Bertz CT molecular complexity index is 234. The maximum atomic E-state index is 11.1. The first kappa shape index (κ1) is 17.2. The van der Waals surface area contributed by atoms with Gasteiger partial charge < -0.3 is 9.47 Å². The monoisotopic (exact) mass is 256 g/mol. The van der Waals surface area contributed by atoms with Crippen LogP contribution in [0, 0.1) is 0 Å². The van der Waals surface area contributed by atoms with Crippen LogP contribution in [0.2, 0.25) is 0 Å². The molecule has 0 aliphatic rings. The molecule has 0 saturated heterocycles. The van der Waals surface area contributed by atoms with Crippen molar-refractivity contribution in [2.75, 3.05) is 13.2 Å². The van der Waals surface area contributed by atoms with Gasteiger partial charge in [0, 0.05) is 12.2 Å². The number of carbonyl (C=O) groups is 1. The summed E-state index contributed by atoms with van der Waals surface area (Å²) in [6.07, 6.45) is 7.20. The third-order valence-corrected chi connectivity index (χ3v) is 2.57. The summed E-state index contributed by atoms with van der Waals surface area (Å²) in [6.45, 7) is 10.7. The van der Waals surface area contributed by atoms with Crippen molar-refractivity contribution in [1.29, 1.82) is 0 Å². The quantitative estimate of drug-likeness (QED) is 0.320. The normalized spacial score (nSPS) is 10.7. The molecule has 0 aliphatic carbocycles. The first-order valence-corrected chi connectivity index (χ1v) is 6.98. The molecule has 0 amide bonds. The zero-order valence-electron chi connectivity index (χ0n) is 12.2. The Morgan fingerprint density at radius 3 is 2.00 bits per heavy atom. The van der Waals surface area contributed by atoms with Gasteiger partial charge >= 0.3 is 5.97 Å². The minimum atomic E-state index is -0.277. The van der Waals surface area contributed by atoms with E-state index in [1.165, 1.54) is 19.3 Å². The lowest BCUT2D eigenvalue weighted by Crippen LogP contribution is -2.06. The molecule has 0 aromatic carbocycles. The van der Waals surface area contributed by atoms with Gasteiger partial charge in [0.05, 0.1) is 12.7 Å². The predicted molar refractivity (Wildman–Crippen MR) is 74.6 cm³/mol. The van der Waals surface area contributed by atoms with Crippen molar-refractivity contribution < 1.29 is 14.3 Å².